The average Bonchev–Trinajstić information content (AvgIpc) is 2.93. The maximum Gasteiger partial charge on any atom is 0.222 e. The molecule has 3 rings (SSSR count). The molecular weight excluding hydrogens is 364 g/mol. The van der Waals surface area contributed by atoms with Crippen molar-refractivity contribution in [1.29, 1.82) is 0 Å². The van der Waals surface area contributed by atoms with Gasteiger partial charge in [-0.15, -0.1) is 0 Å². The van der Waals surface area contributed by atoms with Crippen LogP contribution in [0.25, 0.3) is 0 Å². The van der Waals surface area contributed by atoms with Crippen molar-refractivity contribution in [3.63, 3.8) is 0 Å². The molecule has 0 bridgehead atoms. The highest BCUT2D eigenvalue weighted by Gasteiger charge is 2.61. The third-order valence-corrected chi connectivity index (χ3v) is 5.54. The number of rotatable bonds is 6. The summed E-state index contributed by atoms with van der Waals surface area (Å²) >= 11 is 0. The summed E-state index contributed by atoms with van der Waals surface area (Å²) in [5, 5.41) is 0. The summed E-state index contributed by atoms with van der Waals surface area (Å²) < 4.78 is 36.7. The van der Waals surface area contributed by atoms with E-state index in [9.17, 15) is 0 Å². The van der Waals surface area contributed by atoms with Gasteiger partial charge in [0, 0.05) is 12.7 Å². The van der Waals surface area contributed by atoms with Crippen LogP contribution in [0.15, 0.2) is 30.3 Å². The molecule has 0 spiro atoms. The molecule has 2 aliphatic rings. The SMILES string of the molecule is CO[C@]12COC(c3ccccc3)O[C@H]1[C@H](O[SiH](C)C)[C@@H](COC(C)(C)C)O2. The summed E-state index contributed by atoms with van der Waals surface area (Å²) in [5.74, 6) is -0.981. The molecule has 1 aromatic rings. The van der Waals surface area contributed by atoms with Crippen LogP contribution in [0, 0.1) is 0 Å². The zero-order valence-electron chi connectivity index (χ0n) is 17.1. The normalized spacial score (nSPS) is 34.0. The van der Waals surface area contributed by atoms with Crippen molar-refractivity contribution in [1.82, 2.24) is 0 Å². The van der Waals surface area contributed by atoms with Crippen LogP contribution in [0.1, 0.15) is 32.6 Å². The maximum absolute atomic E-state index is 6.34. The molecule has 5 atom stereocenters. The van der Waals surface area contributed by atoms with Gasteiger partial charge in [0.05, 0.1) is 12.2 Å². The lowest BCUT2D eigenvalue weighted by Gasteiger charge is -2.41. The van der Waals surface area contributed by atoms with Crippen LogP contribution in [0.5, 0.6) is 0 Å². The highest BCUT2D eigenvalue weighted by Crippen LogP contribution is 2.43. The molecule has 0 amide bonds. The molecule has 2 fully saturated rings. The molecular formula is C20H32O6Si. The van der Waals surface area contributed by atoms with Crippen LogP contribution in [-0.2, 0) is 28.1 Å². The van der Waals surface area contributed by atoms with Gasteiger partial charge < -0.3 is 28.1 Å². The van der Waals surface area contributed by atoms with Gasteiger partial charge >= 0.3 is 0 Å². The van der Waals surface area contributed by atoms with Gasteiger partial charge in [-0.25, -0.2) is 0 Å². The minimum absolute atomic E-state index is 0.255. The van der Waals surface area contributed by atoms with Crippen LogP contribution in [0.2, 0.25) is 13.1 Å². The standard InChI is InChI=1S/C20H32O6Si/c1-19(2,3)23-12-15-16(26-27(5)6)17-20(21-4,25-15)13-22-18(24-17)14-10-8-7-9-11-14/h7-11,15-18,27H,12-13H2,1-6H3/t15-,16-,17+,18?,20+/m1/s1. The molecule has 7 heteroatoms. The molecule has 0 aliphatic carbocycles. The van der Waals surface area contributed by atoms with E-state index in [-0.39, 0.29) is 30.5 Å². The van der Waals surface area contributed by atoms with Crippen molar-refractivity contribution in [2.75, 3.05) is 20.3 Å². The quantitative estimate of drug-likeness (QED) is 0.689. The summed E-state index contributed by atoms with van der Waals surface area (Å²) in [6.07, 6.45) is -1.38. The summed E-state index contributed by atoms with van der Waals surface area (Å²) in [6, 6.07) is 9.91. The highest BCUT2D eigenvalue weighted by atomic mass is 28.3. The van der Waals surface area contributed by atoms with Gasteiger partial charge in [0.15, 0.2) is 15.3 Å². The fourth-order valence-corrected chi connectivity index (χ4v) is 4.39. The maximum atomic E-state index is 6.34. The van der Waals surface area contributed by atoms with Crippen LogP contribution in [-0.4, -0.2) is 59.1 Å². The van der Waals surface area contributed by atoms with E-state index in [1.54, 1.807) is 7.11 Å². The van der Waals surface area contributed by atoms with Gasteiger partial charge in [-0.05, 0) is 33.9 Å². The Morgan fingerprint density at radius 2 is 1.89 bits per heavy atom. The molecule has 2 heterocycles. The lowest BCUT2D eigenvalue weighted by Crippen LogP contribution is -2.55. The monoisotopic (exact) mass is 396 g/mol. The Kier molecular flexibility index (Phi) is 6.42. The Morgan fingerprint density at radius 1 is 1.19 bits per heavy atom. The highest BCUT2D eigenvalue weighted by molar-refractivity contribution is 6.48. The van der Waals surface area contributed by atoms with Crippen LogP contribution >= 0.6 is 0 Å². The summed E-state index contributed by atoms with van der Waals surface area (Å²) in [4.78, 5) is 0. The van der Waals surface area contributed by atoms with Crippen molar-refractivity contribution >= 4 is 9.04 Å². The van der Waals surface area contributed by atoms with Gasteiger partial charge in [-0.2, -0.15) is 0 Å². The average molecular weight is 397 g/mol. The number of hydrogen-bond donors (Lipinski definition) is 0. The zero-order chi connectivity index (χ0) is 19.7. The number of hydrogen-bond acceptors (Lipinski definition) is 6. The van der Waals surface area contributed by atoms with E-state index in [0.29, 0.717) is 6.61 Å². The third-order valence-electron chi connectivity index (χ3n) is 4.68. The topological polar surface area (TPSA) is 55.4 Å². The zero-order valence-corrected chi connectivity index (χ0v) is 18.3. The van der Waals surface area contributed by atoms with E-state index in [1.807, 2.05) is 51.1 Å². The molecule has 0 radical (unpaired) electrons. The van der Waals surface area contributed by atoms with Gasteiger partial charge in [-0.1, -0.05) is 30.3 Å². The molecule has 0 N–H and O–H groups in total. The predicted octanol–water partition coefficient (Wildman–Crippen LogP) is 3.03. The Labute approximate surface area is 163 Å². The van der Waals surface area contributed by atoms with Crippen LogP contribution in [0.4, 0.5) is 0 Å². The second-order valence-electron chi connectivity index (χ2n) is 8.36. The first-order valence-corrected chi connectivity index (χ1v) is 12.4. The number of fused-ring (bicyclic) bond motifs is 1. The second-order valence-corrected chi connectivity index (χ2v) is 10.7. The third kappa shape index (κ3) is 4.79. The Morgan fingerprint density at radius 3 is 2.48 bits per heavy atom. The van der Waals surface area contributed by atoms with E-state index in [0.717, 1.165) is 5.56 Å². The smallest absolute Gasteiger partial charge is 0.222 e. The molecule has 27 heavy (non-hydrogen) atoms. The lowest BCUT2D eigenvalue weighted by atomic mass is 10.0. The number of benzene rings is 1. The Balaban J connectivity index is 1.82. The van der Waals surface area contributed by atoms with Crippen molar-refractivity contribution in [3.8, 4) is 0 Å². The summed E-state index contributed by atoms with van der Waals surface area (Å²) in [6.45, 7) is 11.1. The van der Waals surface area contributed by atoms with Crippen molar-refractivity contribution in [2.24, 2.45) is 0 Å². The van der Waals surface area contributed by atoms with Gasteiger partial charge in [0.2, 0.25) is 5.79 Å². The van der Waals surface area contributed by atoms with E-state index in [2.05, 4.69) is 13.1 Å². The first-order chi connectivity index (χ1) is 12.7. The van der Waals surface area contributed by atoms with Crippen LogP contribution in [0.3, 0.4) is 0 Å². The number of ether oxygens (including phenoxy) is 5. The lowest BCUT2D eigenvalue weighted by molar-refractivity contribution is -0.358. The van der Waals surface area contributed by atoms with Gasteiger partial charge in [-0.3, -0.25) is 0 Å². The first kappa shape index (κ1) is 20.9. The molecule has 6 nitrogen and oxygen atoms in total. The minimum atomic E-state index is -1.34. The first-order valence-electron chi connectivity index (χ1n) is 9.58. The molecule has 1 aromatic carbocycles. The molecule has 0 aromatic heterocycles. The van der Waals surface area contributed by atoms with Gasteiger partial charge in [0.1, 0.15) is 24.9 Å². The summed E-state index contributed by atoms with van der Waals surface area (Å²) in [7, 11) is 0.281. The molecule has 2 aliphatic heterocycles. The Bertz CT molecular complexity index is 604. The largest absolute Gasteiger partial charge is 0.412 e. The second kappa shape index (κ2) is 8.29. The Hall–Kier alpha value is -0.803. The molecule has 1 unspecified atom stereocenters. The molecule has 0 saturated carbocycles. The number of methoxy groups -OCH3 is 1. The van der Waals surface area contributed by atoms with E-state index in [1.165, 1.54) is 0 Å². The van der Waals surface area contributed by atoms with E-state index in [4.69, 9.17) is 28.1 Å². The van der Waals surface area contributed by atoms with Gasteiger partial charge in [0.25, 0.3) is 0 Å². The fraction of sp³-hybridized carbons (Fsp3) is 0.700. The van der Waals surface area contributed by atoms with Crippen molar-refractivity contribution in [2.45, 2.75) is 69.9 Å². The van der Waals surface area contributed by atoms with Crippen LogP contribution < -0.4 is 0 Å². The van der Waals surface area contributed by atoms with Crippen molar-refractivity contribution < 1.29 is 28.1 Å². The fourth-order valence-electron chi connectivity index (χ4n) is 3.44. The summed E-state index contributed by atoms with van der Waals surface area (Å²) in [5.41, 5.74) is 0.707. The molecule has 2 saturated heterocycles. The minimum Gasteiger partial charge on any atom is -0.412 e. The molecule has 152 valence electrons. The van der Waals surface area contributed by atoms with E-state index >= 15 is 0 Å². The van der Waals surface area contributed by atoms with E-state index < -0.39 is 21.1 Å². The van der Waals surface area contributed by atoms with Crippen molar-refractivity contribution in [3.05, 3.63) is 35.9 Å². The predicted molar refractivity (Wildman–Crippen MR) is 104 cm³/mol.